The van der Waals surface area contributed by atoms with Crippen LogP contribution in [0.1, 0.15) is 39.0 Å². The Morgan fingerprint density at radius 2 is 2.24 bits per heavy atom. The summed E-state index contributed by atoms with van der Waals surface area (Å²) >= 11 is 3.37. The Bertz CT molecular complexity index is 438. The van der Waals surface area contributed by atoms with Crippen molar-refractivity contribution in [2.45, 2.75) is 51.6 Å². The molecule has 5 heteroatoms. The molecule has 0 atom stereocenters. The highest BCUT2D eigenvalue weighted by Gasteiger charge is 2.17. The summed E-state index contributed by atoms with van der Waals surface area (Å²) in [5, 5.41) is 7.58. The summed E-state index contributed by atoms with van der Waals surface area (Å²) in [7, 11) is 0. The number of anilines is 1. The molecule has 4 nitrogen and oxygen atoms in total. The minimum Gasteiger partial charge on any atom is -0.380 e. The van der Waals surface area contributed by atoms with Crippen LogP contribution < -0.4 is 10.9 Å². The SMILES string of the molecule is CCCn1ncc(NC2CCCC2)c(Br)c1=O. The van der Waals surface area contributed by atoms with Crippen LogP contribution in [0.3, 0.4) is 0 Å². The zero-order valence-electron chi connectivity index (χ0n) is 10.1. The minimum atomic E-state index is -0.0464. The van der Waals surface area contributed by atoms with Gasteiger partial charge < -0.3 is 5.32 Å². The van der Waals surface area contributed by atoms with Crippen LogP contribution in [-0.4, -0.2) is 15.8 Å². The number of hydrogen-bond acceptors (Lipinski definition) is 3. The van der Waals surface area contributed by atoms with Crippen LogP contribution in [0.15, 0.2) is 15.5 Å². The predicted molar refractivity (Wildman–Crippen MR) is 72.4 cm³/mol. The molecule has 1 aromatic rings. The lowest BCUT2D eigenvalue weighted by molar-refractivity contribution is 0.565. The van der Waals surface area contributed by atoms with Crippen molar-refractivity contribution in [3.63, 3.8) is 0 Å². The van der Waals surface area contributed by atoms with Gasteiger partial charge in [0.1, 0.15) is 4.47 Å². The van der Waals surface area contributed by atoms with E-state index in [1.54, 1.807) is 6.20 Å². The second-order valence-corrected chi connectivity index (χ2v) is 5.32. The van der Waals surface area contributed by atoms with Crippen molar-refractivity contribution in [3.05, 3.63) is 21.0 Å². The van der Waals surface area contributed by atoms with E-state index in [0.29, 0.717) is 17.1 Å². The fourth-order valence-electron chi connectivity index (χ4n) is 2.23. The summed E-state index contributed by atoms with van der Waals surface area (Å²) in [6, 6.07) is 0.495. The zero-order chi connectivity index (χ0) is 12.3. The molecule has 0 aliphatic heterocycles. The molecular weight excluding hydrogens is 282 g/mol. The Kier molecular flexibility index (Phi) is 4.20. The molecule has 1 fully saturated rings. The van der Waals surface area contributed by atoms with Crippen LogP contribution in [0.5, 0.6) is 0 Å². The second-order valence-electron chi connectivity index (χ2n) is 4.53. The van der Waals surface area contributed by atoms with Crippen LogP contribution in [0.4, 0.5) is 5.69 Å². The topological polar surface area (TPSA) is 46.9 Å². The first kappa shape index (κ1) is 12.6. The molecule has 0 unspecified atom stereocenters. The quantitative estimate of drug-likeness (QED) is 0.930. The summed E-state index contributed by atoms with van der Waals surface area (Å²) in [6.45, 7) is 2.70. The standard InChI is InChI=1S/C12H18BrN3O/c1-2-7-16-12(17)11(13)10(8-14-16)15-9-5-3-4-6-9/h8-9,15H,2-7H2,1H3. The van der Waals surface area contributed by atoms with Gasteiger partial charge in [-0.05, 0) is 35.2 Å². The van der Waals surface area contributed by atoms with Crippen molar-refractivity contribution in [3.8, 4) is 0 Å². The second kappa shape index (κ2) is 5.67. The molecule has 0 bridgehead atoms. The molecule has 0 amide bonds. The first-order valence-corrected chi connectivity index (χ1v) is 7.04. The van der Waals surface area contributed by atoms with Gasteiger partial charge in [0.2, 0.25) is 0 Å². The van der Waals surface area contributed by atoms with Crippen molar-refractivity contribution in [1.82, 2.24) is 9.78 Å². The third-order valence-corrected chi connectivity index (χ3v) is 3.90. The van der Waals surface area contributed by atoms with Gasteiger partial charge in [-0.1, -0.05) is 19.8 Å². The van der Waals surface area contributed by atoms with Gasteiger partial charge in [-0.3, -0.25) is 4.79 Å². The molecule has 1 aliphatic carbocycles. The fraction of sp³-hybridized carbons (Fsp3) is 0.667. The van der Waals surface area contributed by atoms with E-state index in [4.69, 9.17) is 0 Å². The van der Waals surface area contributed by atoms with E-state index in [-0.39, 0.29) is 5.56 Å². The lowest BCUT2D eigenvalue weighted by Gasteiger charge is -2.15. The van der Waals surface area contributed by atoms with Crippen molar-refractivity contribution in [1.29, 1.82) is 0 Å². The Balaban J connectivity index is 2.18. The van der Waals surface area contributed by atoms with Gasteiger partial charge in [0, 0.05) is 12.6 Å². The van der Waals surface area contributed by atoms with Crippen LogP contribution in [-0.2, 0) is 6.54 Å². The first-order chi connectivity index (χ1) is 8.22. The Labute approximate surface area is 110 Å². The van der Waals surface area contributed by atoms with Gasteiger partial charge in [-0.15, -0.1) is 0 Å². The number of aromatic nitrogens is 2. The molecule has 94 valence electrons. The highest BCUT2D eigenvalue weighted by molar-refractivity contribution is 9.10. The average Bonchev–Trinajstić information content (AvgIpc) is 2.82. The van der Waals surface area contributed by atoms with Crippen molar-refractivity contribution in [2.24, 2.45) is 0 Å². The number of aryl methyl sites for hydroxylation is 1. The highest BCUT2D eigenvalue weighted by Crippen LogP contribution is 2.24. The van der Waals surface area contributed by atoms with Gasteiger partial charge in [-0.2, -0.15) is 5.10 Å². The van der Waals surface area contributed by atoms with Gasteiger partial charge in [-0.25, -0.2) is 4.68 Å². The molecule has 1 N–H and O–H groups in total. The largest absolute Gasteiger partial charge is 0.380 e. The Morgan fingerprint density at radius 3 is 2.88 bits per heavy atom. The molecule has 1 aliphatic rings. The molecule has 1 heterocycles. The first-order valence-electron chi connectivity index (χ1n) is 6.24. The van der Waals surface area contributed by atoms with Gasteiger partial charge >= 0.3 is 0 Å². The maximum absolute atomic E-state index is 12.0. The number of hydrogen-bond donors (Lipinski definition) is 1. The molecule has 17 heavy (non-hydrogen) atoms. The van der Waals surface area contributed by atoms with Crippen LogP contribution in [0.2, 0.25) is 0 Å². The Hall–Kier alpha value is -0.840. The van der Waals surface area contributed by atoms with E-state index >= 15 is 0 Å². The summed E-state index contributed by atoms with van der Waals surface area (Å²) in [6.07, 6.45) is 7.58. The van der Waals surface area contributed by atoms with E-state index < -0.39 is 0 Å². The number of rotatable bonds is 4. The molecule has 1 saturated carbocycles. The predicted octanol–water partition coefficient (Wildman–Crippen LogP) is 2.77. The smallest absolute Gasteiger partial charge is 0.283 e. The van der Waals surface area contributed by atoms with E-state index in [9.17, 15) is 4.79 Å². The maximum atomic E-state index is 12.0. The van der Waals surface area contributed by atoms with Crippen LogP contribution in [0.25, 0.3) is 0 Å². The zero-order valence-corrected chi connectivity index (χ0v) is 11.7. The van der Waals surface area contributed by atoms with E-state index in [2.05, 4.69) is 26.3 Å². The molecule has 1 aromatic heterocycles. The van der Waals surface area contributed by atoms with Crippen molar-refractivity contribution < 1.29 is 0 Å². The lowest BCUT2D eigenvalue weighted by Crippen LogP contribution is -2.26. The van der Waals surface area contributed by atoms with Gasteiger partial charge in [0.05, 0.1) is 11.9 Å². The van der Waals surface area contributed by atoms with E-state index in [1.807, 2.05) is 6.92 Å². The molecule has 2 rings (SSSR count). The maximum Gasteiger partial charge on any atom is 0.283 e. The molecule has 0 aromatic carbocycles. The molecule has 0 saturated heterocycles. The third-order valence-electron chi connectivity index (χ3n) is 3.14. The molecule has 0 radical (unpaired) electrons. The summed E-state index contributed by atoms with van der Waals surface area (Å²) in [4.78, 5) is 12.0. The van der Waals surface area contributed by atoms with Crippen LogP contribution in [0, 0.1) is 0 Å². The van der Waals surface area contributed by atoms with E-state index in [1.165, 1.54) is 30.4 Å². The van der Waals surface area contributed by atoms with Gasteiger partial charge in [0.15, 0.2) is 0 Å². The van der Waals surface area contributed by atoms with Gasteiger partial charge in [0.25, 0.3) is 5.56 Å². The fourth-order valence-corrected chi connectivity index (χ4v) is 2.65. The van der Waals surface area contributed by atoms with E-state index in [0.717, 1.165) is 12.1 Å². The van der Waals surface area contributed by atoms with Crippen LogP contribution >= 0.6 is 15.9 Å². The number of nitrogens with one attached hydrogen (secondary N) is 1. The molecule has 0 spiro atoms. The Morgan fingerprint density at radius 1 is 1.53 bits per heavy atom. The molecular formula is C12H18BrN3O. The summed E-state index contributed by atoms with van der Waals surface area (Å²) < 4.78 is 2.11. The van der Waals surface area contributed by atoms with Crippen molar-refractivity contribution in [2.75, 3.05) is 5.32 Å². The number of halogens is 1. The summed E-state index contributed by atoms with van der Waals surface area (Å²) in [5.41, 5.74) is 0.782. The third kappa shape index (κ3) is 2.89. The van der Waals surface area contributed by atoms with Crippen molar-refractivity contribution >= 4 is 21.6 Å². The average molecular weight is 300 g/mol. The minimum absolute atomic E-state index is 0.0464. The normalized spacial score (nSPS) is 16.4. The lowest BCUT2D eigenvalue weighted by atomic mass is 10.2. The monoisotopic (exact) mass is 299 g/mol. The number of nitrogens with zero attached hydrogens (tertiary/aromatic N) is 2. The summed E-state index contributed by atoms with van der Waals surface area (Å²) in [5.74, 6) is 0. The highest BCUT2D eigenvalue weighted by atomic mass is 79.9.